The van der Waals surface area contributed by atoms with Gasteiger partial charge in [-0.1, -0.05) is 36.0 Å². The van der Waals surface area contributed by atoms with Gasteiger partial charge in [-0.05, 0) is 17.5 Å². The first kappa shape index (κ1) is 19.5. The summed E-state index contributed by atoms with van der Waals surface area (Å²) in [5, 5.41) is 2.45. The minimum Gasteiger partial charge on any atom is -0.496 e. The number of rotatable bonds is 5. The number of benzene rings is 1. The highest BCUT2D eigenvalue weighted by molar-refractivity contribution is 8.15. The molecule has 0 N–H and O–H groups in total. The topological polar surface area (TPSA) is 76.0 Å². The van der Waals surface area contributed by atoms with Crippen LogP contribution < -0.4 is 4.74 Å². The lowest BCUT2D eigenvalue weighted by Gasteiger charge is -2.25. The molecule has 0 radical (unpaired) electrons. The molecule has 0 bridgehead atoms. The molecule has 0 saturated carbocycles. The number of hydrogen-bond donors (Lipinski definition) is 0. The molecular weight excluding hydrogens is 416 g/mol. The fraction of sp³-hybridized carbons (Fsp3) is 0.368. The zero-order valence-electron chi connectivity index (χ0n) is 15.3. The van der Waals surface area contributed by atoms with E-state index in [2.05, 4.69) is 4.99 Å². The number of thiophene rings is 1. The predicted octanol–water partition coefficient (Wildman–Crippen LogP) is 2.60. The van der Waals surface area contributed by atoms with Crippen molar-refractivity contribution in [3.05, 3.63) is 52.2 Å². The molecule has 4 rings (SSSR count). The summed E-state index contributed by atoms with van der Waals surface area (Å²) in [4.78, 5) is 19.8. The van der Waals surface area contributed by atoms with E-state index in [0.717, 1.165) is 16.2 Å². The molecule has 0 spiro atoms. The summed E-state index contributed by atoms with van der Waals surface area (Å²) in [5.74, 6) is 0.750. The Hall–Kier alpha value is -1.84. The molecule has 6 nitrogen and oxygen atoms in total. The Labute approximate surface area is 172 Å². The summed E-state index contributed by atoms with van der Waals surface area (Å²) in [6.07, 6.45) is 0.262. The number of thioether (sulfide) groups is 1. The molecule has 2 fully saturated rings. The van der Waals surface area contributed by atoms with Crippen molar-refractivity contribution >= 4 is 44.0 Å². The summed E-state index contributed by atoms with van der Waals surface area (Å²) in [5.41, 5.74) is 0.939. The number of hydrogen-bond acceptors (Lipinski definition) is 6. The van der Waals surface area contributed by atoms with Crippen LogP contribution in [-0.2, 0) is 27.6 Å². The van der Waals surface area contributed by atoms with Crippen molar-refractivity contribution in [2.45, 2.75) is 24.3 Å². The van der Waals surface area contributed by atoms with Crippen LogP contribution in [0.1, 0.15) is 10.4 Å². The highest BCUT2D eigenvalue weighted by Crippen LogP contribution is 2.39. The number of nitrogens with zero attached hydrogens (tertiary/aromatic N) is 2. The normalized spacial score (nSPS) is 24.5. The molecule has 2 unspecified atom stereocenters. The van der Waals surface area contributed by atoms with Gasteiger partial charge in [0.05, 0.1) is 31.1 Å². The maximum atomic E-state index is 12.5. The van der Waals surface area contributed by atoms with Crippen molar-refractivity contribution in [2.24, 2.45) is 4.99 Å². The molecule has 2 aromatic rings. The molecule has 3 heterocycles. The van der Waals surface area contributed by atoms with Crippen molar-refractivity contribution in [2.75, 3.05) is 18.6 Å². The number of carbonyl (C=O) groups is 1. The standard InChI is InChI=1S/C19H20N2O4S3/c1-25-16-7-3-2-5-13(16)10-21-15-11-28(23,24)12-17(15)27-19(21)20-18(22)9-14-6-4-8-26-14/h2-8,15,17H,9-12H2,1H3. The lowest BCUT2D eigenvalue weighted by Crippen LogP contribution is -2.37. The van der Waals surface area contributed by atoms with Crippen LogP contribution in [0.4, 0.5) is 0 Å². The molecule has 1 aromatic heterocycles. The number of amides is 1. The Morgan fingerprint density at radius 1 is 1.25 bits per heavy atom. The van der Waals surface area contributed by atoms with Gasteiger partial charge in [0.1, 0.15) is 5.75 Å². The first-order valence-corrected chi connectivity index (χ1v) is 12.4. The molecule has 1 aromatic carbocycles. The Morgan fingerprint density at radius 2 is 2.07 bits per heavy atom. The Bertz CT molecular complexity index is 1000. The van der Waals surface area contributed by atoms with Crippen molar-refractivity contribution in [3.8, 4) is 5.75 Å². The second-order valence-electron chi connectivity index (χ2n) is 6.78. The van der Waals surface area contributed by atoms with E-state index in [1.54, 1.807) is 7.11 Å². The molecular formula is C19H20N2O4S3. The van der Waals surface area contributed by atoms with Crippen LogP contribution in [0.15, 0.2) is 46.8 Å². The molecule has 2 saturated heterocycles. The van der Waals surface area contributed by atoms with Gasteiger partial charge in [-0.3, -0.25) is 4.79 Å². The first-order chi connectivity index (χ1) is 13.4. The smallest absolute Gasteiger partial charge is 0.253 e. The molecule has 0 aliphatic carbocycles. The van der Waals surface area contributed by atoms with E-state index in [1.165, 1.54) is 23.1 Å². The van der Waals surface area contributed by atoms with Crippen molar-refractivity contribution < 1.29 is 17.9 Å². The maximum Gasteiger partial charge on any atom is 0.253 e. The third-order valence-corrected chi connectivity index (χ3v) is 8.96. The summed E-state index contributed by atoms with van der Waals surface area (Å²) < 4.78 is 29.7. The number of ether oxygens (including phenoxy) is 1. The van der Waals surface area contributed by atoms with Crippen molar-refractivity contribution in [3.63, 3.8) is 0 Å². The predicted molar refractivity (Wildman–Crippen MR) is 113 cm³/mol. The van der Waals surface area contributed by atoms with E-state index in [4.69, 9.17) is 4.74 Å². The Morgan fingerprint density at radius 3 is 2.82 bits per heavy atom. The quantitative estimate of drug-likeness (QED) is 0.717. The number of carbonyl (C=O) groups excluding carboxylic acids is 1. The van der Waals surface area contributed by atoms with Gasteiger partial charge in [0.2, 0.25) is 0 Å². The lowest BCUT2D eigenvalue weighted by molar-refractivity contribution is -0.117. The SMILES string of the molecule is COc1ccccc1CN1C(=NC(=O)Cc2cccs2)SC2CS(=O)(=O)CC21. The fourth-order valence-electron chi connectivity index (χ4n) is 3.55. The summed E-state index contributed by atoms with van der Waals surface area (Å²) in [6, 6.07) is 11.3. The van der Waals surface area contributed by atoms with Gasteiger partial charge in [0.25, 0.3) is 5.91 Å². The molecule has 2 aliphatic heterocycles. The van der Waals surface area contributed by atoms with Gasteiger partial charge in [0, 0.05) is 22.2 Å². The highest BCUT2D eigenvalue weighted by Gasteiger charge is 2.48. The van der Waals surface area contributed by atoms with Crippen LogP contribution in [0.3, 0.4) is 0 Å². The third-order valence-electron chi connectivity index (χ3n) is 4.83. The van der Waals surface area contributed by atoms with Gasteiger partial charge in [-0.2, -0.15) is 4.99 Å². The number of para-hydroxylation sites is 1. The molecule has 2 aliphatic rings. The summed E-state index contributed by atoms with van der Waals surface area (Å²) >= 11 is 2.93. The minimum atomic E-state index is -3.07. The van der Waals surface area contributed by atoms with Gasteiger partial charge in [-0.25, -0.2) is 8.42 Å². The van der Waals surface area contributed by atoms with Crippen LogP contribution in [0.25, 0.3) is 0 Å². The lowest BCUT2D eigenvalue weighted by atomic mass is 10.1. The molecule has 28 heavy (non-hydrogen) atoms. The highest BCUT2D eigenvalue weighted by atomic mass is 32.2. The monoisotopic (exact) mass is 436 g/mol. The zero-order valence-corrected chi connectivity index (χ0v) is 17.7. The van der Waals surface area contributed by atoms with Crippen LogP contribution >= 0.6 is 23.1 Å². The average molecular weight is 437 g/mol. The first-order valence-electron chi connectivity index (χ1n) is 8.85. The van der Waals surface area contributed by atoms with E-state index < -0.39 is 9.84 Å². The Kier molecular flexibility index (Phi) is 5.48. The van der Waals surface area contributed by atoms with Gasteiger partial charge >= 0.3 is 0 Å². The van der Waals surface area contributed by atoms with Crippen LogP contribution in [-0.4, -0.2) is 54.3 Å². The molecule has 9 heteroatoms. The summed E-state index contributed by atoms with van der Waals surface area (Å²) in [7, 11) is -1.46. The zero-order chi connectivity index (χ0) is 19.7. The minimum absolute atomic E-state index is 0.0898. The second-order valence-corrected chi connectivity index (χ2v) is 11.2. The Balaban J connectivity index is 1.61. The number of amidine groups is 1. The number of sulfone groups is 1. The van der Waals surface area contributed by atoms with Crippen molar-refractivity contribution in [1.29, 1.82) is 0 Å². The number of aliphatic imine (C=N–C) groups is 1. The van der Waals surface area contributed by atoms with Gasteiger partial charge < -0.3 is 9.64 Å². The molecule has 1 amide bonds. The van der Waals surface area contributed by atoms with E-state index in [1.807, 2.05) is 46.7 Å². The van der Waals surface area contributed by atoms with E-state index in [0.29, 0.717) is 11.7 Å². The van der Waals surface area contributed by atoms with E-state index in [-0.39, 0.29) is 35.1 Å². The van der Waals surface area contributed by atoms with Crippen molar-refractivity contribution in [1.82, 2.24) is 4.90 Å². The number of methoxy groups -OCH3 is 1. The third kappa shape index (κ3) is 4.11. The largest absolute Gasteiger partial charge is 0.496 e. The van der Waals surface area contributed by atoms with Crippen LogP contribution in [0.2, 0.25) is 0 Å². The van der Waals surface area contributed by atoms with Crippen LogP contribution in [0.5, 0.6) is 5.75 Å². The van der Waals surface area contributed by atoms with Crippen LogP contribution in [0, 0.1) is 0 Å². The van der Waals surface area contributed by atoms with E-state index >= 15 is 0 Å². The second kappa shape index (κ2) is 7.88. The van der Waals surface area contributed by atoms with Gasteiger partial charge in [-0.15, -0.1) is 11.3 Å². The average Bonchev–Trinajstić information content (AvgIpc) is 3.32. The molecule has 2 atom stereocenters. The summed E-state index contributed by atoms with van der Waals surface area (Å²) in [6.45, 7) is 0.457. The number of fused-ring (bicyclic) bond motifs is 1. The fourth-order valence-corrected chi connectivity index (χ4v) is 8.21. The molecule has 148 valence electrons. The van der Waals surface area contributed by atoms with Gasteiger partial charge in [0.15, 0.2) is 15.0 Å². The van der Waals surface area contributed by atoms with E-state index in [9.17, 15) is 13.2 Å². The maximum absolute atomic E-state index is 12.5.